The van der Waals surface area contributed by atoms with Crippen LogP contribution < -0.4 is 0 Å². The Labute approximate surface area is 113 Å². The summed E-state index contributed by atoms with van der Waals surface area (Å²) < 4.78 is 12.3. The van der Waals surface area contributed by atoms with Crippen LogP contribution in [-0.4, -0.2) is 6.67 Å². The molecule has 2 aliphatic carbocycles. The third kappa shape index (κ3) is 3.96. The summed E-state index contributed by atoms with van der Waals surface area (Å²) in [5.74, 6) is 3.75. The Morgan fingerprint density at radius 1 is 0.722 bits per heavy atom. The molecule has 1 heteroatoms. The normalized spacial score (nSPS) is 37.7. The van der Waals surface area contributed by atoms with E-state index in [1.807, 2.05) is 0 Å². The maximum Gasteiger partial charge on any atom is 0.0897 e. The van der Waals surface area contributed by atoms with Crippen molar-refractivity contribution in [1.82, 2.24) is 0 Å². The van der Waals surface area contributed by atoms with E-state index >= 15 is 0 Å². The molecule has 2 fully saturated rings. The van der Waals surface area contributed by atoms with Gasteiger partial charge < -0.3 is 0 Å². The first-order chi connectivity index (χ1) is 8.83. The van der Waals surface area contributed by atoms with E-state index in [0.29, 0.717) is 5.92 Å². The summed E-state index contributed by atoms with van der Waals surface area (Å²) in [6.45, 7) is 2.22. The van der Waals surface area contributed by atoms with Gasteiger partial charge in [-0.1, -0.05) is 45.4 Å². The molecule has 2 rings (SSSR count). The Morgan fingerprint density at radius 2 is 1.17 bits per heavy atom. The van der Waals surface area contributed by atoms with Crippen molar-refractivity contribution in [3.8, 4) is 0 Å². The molecule has 0 unspecified atom stereocenters. The lowest BCUT2D eigenvalue weighted by Gasteiger charge is -2.37. The Balaban J connectivity index is 1.68. The van der Waals surface area contributed by atoms with Crippen molar-refractivity contribution in [2.24, 2.45) is 23.7 Å². The second-order valence-corrected chi connectivity index (χ2v) is 6.83. The molecule has 0 aliphatic heterocycles. The zero-order valence-corrected chi connectivity index (χ0v) is 12.2. The highest BCUT2D eigenvalue weighted by Gasteiger charge is 2.30. The summed E-state index contributed by atoms with van der Waals surface area (Å²) >= 11 is 0. The number of rotatable bonds is 5. The van der Waals surface area contributed by atoms with Crippen LogP contribution in [0.4, 0.5) is 4.39 Å². The maximum atomic E-state index is 12.3. The van der Waals surface area contributed by atoms with Crippen LogP contribution in [-0.2, 0) is 0 Å². The summed E-state index contributed by atoms with van der Waals surface area (Å²) in [4.78, 5) is 0. The van der Waals surface area contributed by atoms with Crippen LogP contribution in [0.5, 0.6) is 0 Å². The third-order valence-electron chi connectivity index (χ3n) is 5.66. The van der Waals surface area contributed by atoms with Gasteiger partial charge in [0.2, 0.25) is 0 Å². The summed E-state index contributed by atoms with van der Waals surface area (Å²) in [5.41, 5.74) is 0. The minimum atomic E-state index is -0.0997. The van der Waals surface area contributed by atoms with E-state index in [2.05, 4.69) is 6.92 Å². The van der Waals surface area contributed by atoms with Gasteiger partial charge in [-0.25, -0.2) is 0 Å². The van der Waals surface area contributed by atoms with Crippen LogP contribution in [0.3, 0.4) is 0 Å². The summed E-state index contributed by atoms with van der Waals surface area (Å²) in [7, 11) is 0. The molecule has 2 saturated carbocycles. The van der Waals surface area contributed by atoms with Gasteiger partial charge in [-0.3, -0.25) is 4.39 Å². The Kier molecular flexibility index (Phi) is 5.98. The number of hydrogen-bond acceptors (Lipinski definition) is 0. The van der Waals surface area contributed by atoms with Crippen molar-refractivity contribution >= 4 is 0 Å². The molecule has 0 saturated heterocycles. The fourth-order valence-corrected chi connectivity index (χ4v) is 4.46. The topological polar surface area (TPSA) is 0 Å². The zero-order chi connectivity index (χ0) is 12.8. The van der Waals surface area contributed by atoms with Crippen molar-refractivity contribution in [3.05, 3.63) is 0 Å². The van der Waals surface area contributed by atoms with Gasteiger partial charge in [-0.2, -0.15) is 0 Å². The fraction of sp³-hybridized carbons (Fsp3) is 1.00. The highest BCUT2D eigenvalue weighted by atomic mass is 19.1. The fourth-order valence-electron chi connectivity index (χ4n) is 4.46. The lowest BCUT2D eigenvalue weighted by Crippen LogP contribution is -2.26. The molecule has 0 aromatic heterocycles. The molecule has 0 amide bonds. The molecule has 0 nitrogen and oxygen atoms in total. The van der Waals surface area contributed by atoms with Gasteiger partial charge in [-0.15, -0.1) is 0 Å². The van der Waals surface area contributed by atoms with Crippen molar-refractivity contribution in [1.29, 1.82) is 0 Å². The molecule has 106 valence electrons. The average Bonchev–Trinajstić information content (AvgIpc) is 2.41. The van der Waals surface area contributed by atoms with Gasteiger partial charge in [0.25, 0.3) is 0 Å². The molecule has 0 radical (unpaired) electrons. The first-order valence-corrected chi connectivity index (χ1v) is 8.39. The molecule has 0 spiro atoms. The Bertz CT molecular complexity index is 186. The van der Waals surface area contributed by atoms with Crippen molar-refractivity contribution < 1.29 is 4.39 Å². The summed E-state index contributed by atoms with van der Waals surface area (Å²) in [5, 5.41) is 0. The first kappa shape index (κ1) is 14.3. The highest BCUT2D eigenvalue weighted by Crippen LogP contribution is 2.42. The average molecular weight is 254 g/mol. The Hall–Kier alpha value is -0.0700. The standard InChI is InChI=1S/C17H31F/c1-2-3-14-4-8-16(9-5-14)17-10-6-15(7-11-17)12-13-18/h14-17H,2-13H2,1H3. The number of hydrogen-bond donors (Lipinski definition) is 0. The molecule has 0 atom stereocenters. The Morgan fingerprint density at radius 3 is 1.56 bits per heavy atom. The van der Waals surface area contributed by atoms with Gasteiger partial charge in [0.05, 0.1) is 6.67 Å². The van der Waals surface area contributed by atoms with Crippen LogP contribution in [0.25, 0.3) is 0 Å². The minimum Gasteiger partial charge on any atom is -0.251 e. The van der Waals surface area contributed by atoms with Gasteiger partial charge >= 0.3 is 0 Å². The lowest BCUT2D eigenvalue weighted by molar-refractivity contribution is 0.138. The van der Waals surface area contributed by atoms with Gasteiger partial charge in [0.1, 0.15) is 0 Å². The second-order valence-electron chi connectivity index (χ2n) is 6.83. The van der Waals surface area contributed by atoms with E-state index in [4.69, 9.17) is 0 Å². The van der Waals surface area contributed by atoms with Crippen LogP contribution in [0.2, 0.25) is 0 Å². The SMILES string of the molecule is CCCC1CCC(C2CCC(CCF)CC2)CC1. The van der Waals surface area contributed by atoms with E-state index in [1.54, 1.807) is 0 Å². The van der Waals surface area contributed by atoms with Crippen molar-refractivity contribution in [2.45, 2.75) is 77.6 Å². The van der Waals surface area contributed by atoms with E-state index in [1.165, 1.54) is 64.2 Å². The van der Waals surface area contributed by atoms with Crippen LogP contribution in [0.1, 0.15) is 77.6 Å². The van der Waals surface area contributed by atoms with E-state index in [0.717, 1.165) is 24.2 Å². The maximum absolute atomic E-state index is 12.3. The monoisotopic (exact) mass is 254 g/mol. The minimum absolute atomic E-state index is 0.0997. The van der Waals surface area contributed by atoms with E-state index in [-0.39, 0.29) is 6.67 Å². The zero-order valence-electron chi connectivity index (χ0n) is 12.2. The van der Waals surface area contributed by atoms with Crippen molar-refractivity contribution in [3.63, 3.8) is 0 Å². The third-order valence-corrected chi connectivity index (χ3v) is 5.66. The molecular weight excluding hydrogens is 223 g/mol. The van der Waals surface area contributed by atoms with Crippen LogP contribution >= 0.6 is 0 Å². The molecule has 0 heterocycles. The first-order valence-electron chi connectivity index (χ1n) is 8.39. The largest absolute Gasteiger partial charge is 0.251 e. The molecular formula is C17H31F. The molecule has 18 heavy (non-hydrogen) atoms. The highest BCUT2D eigenvalue weighted by molar-refractivity contribution is 4.81. The number of halogens is 1. The molecule has 0 N–H and O–H groups in total. The summed E-state index contributed by atoms with van der Waals surface area (Å²) in [6, 6.07) is 0. The second kappa shape index (κ2) is 7.50. The predicted octanol–water partition coefficient (Wildman–Crippen LogP) is 5.76. The predicted molar refractivity (Wildman–Crippen MR) is 76.4 cm³/mol. The number of alkyl halides is 1. The molecule has 0 aromatic rings. The molecule has 2 aliphatic rings. The molecule has 0 bridgehead atoms. The van der Waals surface area contributed by atoms with Gasteiger partial charge in [0.15, 0.2) is 0 Å². The smallest absolute Gasteiger partial charge is 0.0897 e. The van der Waals surface area contributed by atoms with Crippen LogP contribution in [0, 0.1) is 23.7 Å². The van der Waals surface area contributed by atoms with Gasteiger partial charge in [-0.05, 0) is 55.8 Å². The van der Waals surface area contributed by atoms with Gasteiger partial charge in [0, 0.05) is 0 Å². The van der Waals surface area contributed by atoms with E-state index in [9.17, 15) is 4.39 Å². The summed E-state index contributed by atoms with van der Waals surface area (Å²) in [6.07, 6.45) is 15.0. The van der Waals surface area contributed by atoms with Crippen molar-refractivity contribution in [2.75, 3.05) is 6.67 Å². The van der Waals surface area contributed by atoms with E-state index < -0.39 is 0 Å². The quantitative estimate of drug-likeness (QED) is 0.585. The lowest BCUT2D eigenvalue weighted by atomic mass is 9.68. The van der Waals surface area contributed by atoms with Crippen LogP contribution in [0.15, 0.2) is 0 Å². The molecule has 0 aromatic carbocycles.